The molecule has 1 aromatic carbocycles. The topological polar surface area (TPSA) is 17.8 Å². The number of rotatable bonds is 3. The van der Waals surface area contributed by atoms with Gasteiger partial charge < -0.3 is 4.57 Å². The molecular formula is C16H19Cl2FN2. The van der Waals surface area contributed by atoms with E-state index in [0.29, 0.717) is 17.4 Å². The third-order valence-electron chi connectivity index (χ3n) is 4.62. The second kappa shape index (κ2) is 6.13. The van der Waals surface area contributed by atoms with Crippen LogP contribution in [0.25, 0.3) is 11.0 Å². The number of benzene rings is 1. The molecule has 2 unspecified atom stereocenters. The first-order valence-corrected chi connectivity index (χ1v) is 8.47. The molecule has 114 valence electrons. The minimum Gasteiger partial charge on any atom is -0.324 e. The summed E-state index contributed by atoms with van der Waals surface area (Å²) in [7, 11) is 0. The molecular weight excluding hydrogens is 310 g/mol. The van der Waals surface area contributed by atoms with Gasteiger partial charge in [-0.15, -0.1) is 11.6 Å². The van der Waals surface area contributed by atoms with Crippen molar-refractivity contribution in [1.82, 2.24) is 9.55 Å². The van der Waals surface area contributed by atoms with Gasteiger partial charge in [0.05, 0.1) is 21.9 Å². The Labute approximate surface area is 134 Å². The van der Waals surface area contributed by atoms with Gasteiger partial charge in [-0.1, -0.05) is 37.8 Å². The number of fused-ring (bicyclic) bond motifs is 1. The highest BCUT2D eigenvalue weighted by molar-refractivity contribution is 6.31. The highest BCUT2D eigenvalue weighted by Crippen LogP contribution is 2.37. The molecule has 0 radical (unpaired) electrons. The number of imidazole rings is 1. The van der Waals surface area contributed by atoms with Gasteiger partial charge in [0, 0.05) is 12.1 Å². The summed E-state index contributed by atoms with van der Waals surface area (Å²) >= 11 is 12.0. The maximum absolute atomic E-state index is 13.6. The molecule has 0 aliphatic heterocycles. The van der Waals surface area contributed by atoms with Crippen LogP contribution in [0, 0.1) is 11.7 Å². The summed E-state index contributed by atoms with van der Waals surface area (Å²) in [5.74, 6) is 1.47. The molecule has 1 heterocycles. The first kappa shape index (κ1) is 15.1. The molecule has 0 N–H and O–H groups in total. The lowest BCUT2D eigenvalue weighted by atomic mass is 9.84. The van der Waals surface area contributed by atoms with Crippen LogP contribution in [0.15, 0.2) is 12.1 Å². The van der Waals surface area contributed by atoms with Crippen molar-refractivity contribution in [2.45, 2.75) is 50.9 Å². The predicted octanol–water partition coefficient (Wildman–Crippen LogP) is 5.71. The van der Waals surface area contributed by atoms with Crippen molar-refractivity contribution in [1.29, 1.82) is 0 Å². The third-order valence-corrected chi connectivity index (χ3v) is 5.15. The number of alkyl halides is 1. The molecule has 21 heavy (non-hydrogen) atoms. The SMILES string of the molecule is CCC1CCCC(n2c(CCl)nc3cc(F)c(Cl)cc32)C1. The lowest BCUT2D eigenvalue weighted by Gasteiger charge is -2.30. The van der Waals surface area contributed by atoms with Gasteiger partial charge in [-0.25, -0.2) is 9.37 Å². The summed E-state index contributed by atoms with van der Waals surface area (Å²) < 4.78 is 15.8. The number of halogens is 3. The van der Waals surface area contributed by atoms with Crippen LogP contribution in [-0.4, -0.2) is 9.55 Å². The molecule has 1 aliphatic rings. The van der Waals surface area contributed by atoms with Crippen LogP contribution >= 0.6 is 23.2 Å². The van der Waals surface area contributed by atoms with Crippen molar-refractivity contribution >= 4 is 34.2 Å². The van der Waals surface area contributed by atoms with E-state index in [4.69, 9.17) is 23.2 Å². The largest absolute Gasteiger partial charge is 0.324 e. The fourth-order valence-electron chi connectivity index (χ4n) is 3.51. The molecule has 3 rings (SSSR count). The Kier molecular flexibility index (Phi) is 4.41. The molecule has 2 nitrogen and oxygen atoms in total. The van der Waals surface area contributed by atoms with Crippen LogP contribution in [0.1, 0.15) is 50.9 Å². The van der Waals surface area contributed by atoms with Crippen LogP contribution in [0.2, 0.25) is 5.02 Å². The minimum absolute atomic E-state index is 0.146. The number of hydrogen-bond acceptors (Lipinski definition) is 1. The van der Waals surface area contributed by atoms with Crippen molar-refractivity contribution < 1.29 is 4.39 Å². The number of nitrogens with zero attached hydrogens (tertiary/aromatic N) is 2. The van der Waals surface area contributed by atoms with Gasteiger partial charge in [0.2, 0.25) is 0 Å². The van der Waals surface area contributed by atoms with Gasteiger partial charge in [-0.2, -0.15) is 0 Å². The monoisotopic (exact) mass is 328 g/mol. The van der Waals surface area contributed by atoms with Crippen LogP contribution in [0.4, 0.5) is 4.39 Å². The molecule has 0 spiro atoms. The average molecular weight is 329 g/mol. The second-order valence-electron chi connectivity index (χ2n) is 5.88. The van der Waals surface area contributed by atoms with Gasteiger partial charge in [0.1, 0.15) is 11.6 Å². The molecule has 2 atom stereocenters. The van der Waals surface area contributed by atoms with E-state index in [0.717, 1.165) is 30.1 Å². The van der Waals surface area contributed by atoms with Gasteiger partial charge >= 0.3 is 0 Å². The zero-order chi connectivity index (χ0) is 15.0. The van der Waals surface area contributed by atoms with Crippen LogP contribution in [0.3, 0.4) is 0 Å². The minimum atomic E-state index is -0.426. The third kappa shape index (κ3) is 2.78. The zero-order valence-corrected chi connectivity index (χ0v) is 13.6. The van der Waals surface area contributed by atoms with E-state index in [1.54, 1.807) is 6.07 Å². The first-order valence-electron chi connectivity index (χ1n) is 7.55. The lowest BCUT2D eigenvalue weighted by Crippen LogP contribution is -2.20. The zero-order valence-electron chi connectivity index (χ0n) is 12.1. The number of hydrogen-bond donors (Lipinski definition) is 0. The van der Waals surface area contributed by atoms with Crippen molar-refractivity contribution in [3.8, 4) is 0 Å². The van der Waals surface area contributed by atoms with Crippen molar-refractivity contribution in [3.05, 3.63) is 28.8 Å². The fraction of sp³-hybridized carbons (Fsp3) is 0.562. The molecule has 1 aromatic heterocycles. The smallest absolute Gasteiger partial charge is 0.144 e. The molecule has 5 heteroatoms. The van der Waals surface area contributed by atoms with Gasteiger partial charge in [-0.05, 0) is 24.8 Å². The van der Waals surface area contributed by atoms with E-state index < -0.39 is 5.82 Å². The van der Waals surface area contributed by atoms with Crippen molar-refractivity contribution in [2.75, 3.05) is 0 Å². The molecule has 0 amide bonds. The van der Waals surface area contributed by atoms with E-state index in [-0.39, 0.29) is 5.02 Å². The first-order chi connectivity index (χ1) is 10.1. The van der Waals surface area contributed by atoms with Gasteiger partial charge in [0.25, 0.3) is 0 Å². The Morgan fingerprint density at radius 3 is 2.90 bits per heavy atom. The molecule has 0 saturated heterocycles. The summed E-state index contributed by atoms with van der Waals surface area (Å²) in [5, 5.41) is 0.146. The van der Waals surface area contributed by atoms with E-state index in [9.17, 15) is 4.39 Å². The normalized spacial score (nSPS) is 22.9. The highest BCUT2D eigenvalue weighted by Gasteiger charge is 2.26. The average Bonchev–Trinajstić information content (AvgIpc) is 2.85. The maximum atomic E-state index is 13.6. The molecule has 1 aliphatic carbocycles. The fourth-order valence-corrected chi connectivity index (χ4v) is 3.86. The summed E-state index contributed by atoms with van der Waals surface area (Å²) in [5.41, 5.74) is 1.55. The molecule has 1 fully saturated rings. The van der Waals surface area contributed by atoms with Gasteiger partial charge in [-0.3, -0.25) is 0 Å². The molecule has 2 aromatic rings. The summed E-state index contributed by atoms with van der Waals surface area (Å²) in [6, 6.07) is 3.49. The Morgan fingerprint density at radius 2 is 2.19 bits per heavy atom. The van der Waals surface area contributed by atoms with Crippen LogP contribution in [0.5, 0.6) is 0 Å². The van der Waals surface area contributed by atoms with Crippen LogP contribution < -0.4 is 0 Å². The van der Waals surface area contributed by atoms with Crippen LogP contribution in [-0.2, 0) is 5.88 Å². The van der Waals surface area contributed by atoms with Crippen molar-refractivity contribution in [3.63, 3.8) is 0 Å². The van der Waals surface area contributed by atoms with Crippen molar-refractivity contribution in [2.24, 2.45) is 5.92 Å². The maximum Gasteiger partial charge on any atom is 0.144 e. The van der Waals surface area contributed by atoms with E-state index in [1.165, 1.54) is 25.3 Å². The quantitative estimate of drug-likeness (QED) is 0.660. The highest BCUT2D eigenvalue weighted by atomic mass is 35.5. The lowest BCUT2D eigenvalue weighted by molar-refractivity contribution is 0.262. The van der Waals surface area contributed by atoms with E-state index >= 15 is 0 Å². The Hall–Kier alpha value is -0.800. The Bertz CT molecular complexity index is 653. The Morgan fingerprint density at radius 1 is 1.38 bits per heavy atom. The Balaban J connectivity index is 2.09. The van der Waals surface area contributed by atoms with Gasteiger partial charge in [0.15, 0.2) is 0 Å². The summed E-state index contributed by atoms with van der Waals surface area (Å²) in [6.07, 6.45) is 5.99. The predicted molar refractivity (Wildman–Crippen MR) is 85.5 cm³/mol. The van der Waals surface area contributed by atoms with E-state index in [1.807, 2.05) is 0 Å². The molecule has 0 bridgehead atoms. The standard InChI is InChI=1S/C16H19Cl2FN2/c1-2-10-4-3-5-11(6-10)21-15-7-12(18)13(19)8-14(15)20-16(21)9-17/h7-8,10-11H,2-6,9H2,1H3. The second-order valence-corrected chi connectivity index (χ2v) is 6.56. The summed E-state index contributed by atoms with van der Waals surface area (Å²) in [6.45, 7) is 2.24. The summed E-state index contributed by atoms with van der Waals surface area (Å²) in [4.78, 5) is 4.49. The molecule has 1 saturated carbocycles. The number of aromatic nitrogens is 2. The van der Waals surface area contributed by atoms with E-state index in [2.05, 4.69) is 16.5 Å².